The lowest BCUT2D eigenvalue weighted by Crippen LogP contribution is -2.14. The quantitative estimate of drug-likeness (QED) is 0.613. The van der Waals surface area contributed by atoms with E-state index in [0.717, 1.165) is 22.8 Å². The molecule has 0 spiro atoms. The van der Waals surface area contributed by atoms with Gasteiger partial charge in [-0.1, -0.05) is 12.1 Å². The van der Waals surface area contributed by atoms with Gasteiger partial charge in [0.05, 0.1) is 5.52 Å². The zero-order valence-electron chi connectivity index (χ0n) is 10.5. The van der Waals surface area contributed by atoms with Gasteiger partial charge in [-0.25, -0.2) is 9.97 Å². The Kier molecular flexibility index (Phi) is 3.97. The van der Waals surface area contributed by atoms with Crippen molar-refractivity contribution < 1.29 is 0 Å². The summed E-state index contributed by atoms with van der Waals surface area (Å²) in [6, 6.07) is 6.20. The van der Waals surface area contributed by atoms with Crippen LogP contribution in [0.25, 0.3) is 10.9 Å². The smallest absolute Gasteiger partial charge is 0.117 e. The van der Waals surface area contributed by atoms with E-state index < -0.39 is 0 Å². The third-order valence-corrected chi connectivity index (χ3v) is 3.58. The lowest BCUT2D eigenvalue weighted by molar-refractivity contribution is 0.437. The first-order valence-electron chi connectivity index (χ1n) is 5.66. The van der Waals surface area contributed by atoms with E-state index >= 15 is 0 Å². The van der Waals surface area contributed by atoms with Gasteiger partial charge in [0.25, 0.3) is 0 Å². The van der Waals surface area contributed by atoms with E-state index in [1.807, 2.05) is 12.1 Å². The van der Waals surface area contributed by atoms with E-state index in [4.69, 9.17) is 0 Å². The highest BCUT2D eigenvalue weighted by Crippen LogP contribution is 2.26. The first kappa shape index (κ1) is 12.3. The summed E-state index contributed by atoms with van der Waals surface area (Å²) in [7, 11) is 4.17. The van der Waals surface area contributed by atoms with E-state index in [-0.39, 0.29) is 0 Å². The molecule has 3 nitrogen and oxygen atoms in total. The Hall–Kier alpha value is -1.13. The van der Waals surface area contributed by atoms with Gasteiger partial charge in [0.15, 0.2) is 0 Å². The molecule has 0 fully saturated rings. The largest absolute Gasteiger partial charge is 0.309 e. The van der Waals surface area contributed by atoms with Crippen molar-refractivity contribution >= 4 is 22.7 Å². The first-order valence-corrected chi connectivity index (χ1v) is 6.65. The second-order valence-electron chi connectivity index (χ2n) is 4.30. The van der Waals surface area contributed by atoms with Crippen LogP contribution in [0.5, 0.6) is 0 Å². The molecular formula is C13H17N3S. The monoisotopic (exact) mass is 247 g/mol. The molecule has 17 heavy (non-hydrogen) atoms. The maximum absolute atomic E-state index is 4.40. The van der Waals surface area contributed by atoms with E-state index in [0.29, 0.717) is 0 Å². The van der Waals surface area contributed by atoms with Crippen molar-refractivity contribution in [3.05, 3.63) is 30.1 Å². The number of benzene rings is 1. The number of nitrogens with zero attached hydrogens (tertiary/aromatic N) is 3. The Bertz CT molecular complexity index is 506. The van der Waals surface area contributed by atoms with Gasteiger partial charge in [-0.05, 0) is 32.6 Å². The lowest BCUT2D eigenvalue weighted by Gasteiger charge is -2.10. The van der Waals surface area contributed by atoms with Gasteiger partial charge in [-0.2, -0.15) is 0 Å². The maximum atomic E-state index is 4.40. The van der Waals surface area contributed by atoms with Gasteiger partial charge < -0.3 is 4.90 Å². The van der Waals surface area contributed by atoms with Crippen molar-refractivity contribution in [2.45, 2.75) is 11.9 Å². The van der Waals surface area contributed by atoms with Gasteiger partial charge in [0.2, 0.25) is 0 Å². The van der Waals surface area contributed by atoms with Crippen LogP contribution >= 0.6 is 11.8 Å². The van der Waals surface area contributed by atoms with Crippen LogP contribution in [0.1, 0.15) is 5.56 Å². The van der Waals surface area contributed by atoms with Crippen LogP contribution < -0.4 is 0 Å². The van der Waals surface area contributed by atoms with Gasteiger partial charge in [0.1, 0.15) is 11.4 Å². The number of aryl methyl sites for hydroxylation is 1. The van der Waals surface area contributed by atoms with Crippen molar-refractivity contribution in [3.8, 4) is 0 Å². The highest BCUT2D eigenvalue weighted by Gasteiger charge is 2.06. The molecule has 0 bridgehead atoms. The third kappa shape index (κ3) is 2.96. The molecule has 2 rings (SSSR count). The molecule has 90 valence electrons. The molecule has 0 unspecified atom stereocenters. The molecule has 0 aliphatic heterocycles. The summed E-state index contributed by atoms with van der Waals surface area (Å²) < 4.78 is 0. The fraction of sp³-hybridized carbons (Fsp3) is 0.385. The lowest BCUT2D eigenvalue weighted by atomic mass is 10.1. The molecular weight excluding hydrogens is 230 g/mol. The number of hydrogen-bond donors (Lipinski definition) is 0. The number of fused-ring (bicyclic) bond motifs is 1. The fourth-order valence-corrected chi connectivity index (χ4v) is 2.86. The Labute approximate surface area is 106 Å². The molecule has 4 heteroatoms. The molecule has 0 N–H and O–H groups in total. The van der Waals surface area contributed by atoms with E-state index in [2.05, 4.69) is 42.0 Å². The molecule has 1 aromatic heterocycles. The number of hydrogen-bond acceptors (Lipinski definition) is 4. The second kappa shape index (κ2) is 5.47. The minimum Gasteiger partial charge on any atom is -0.309 e. The summed E-state index contributed by atoms with van der Waals surface area (Å²) in [5, 5.41) is 2.29. The zero-order valence-corrected chi connectivity index (χ0v) is 11.3. The number of aromatic nitrogens is 2. The summed E-state index contributed by atoms with van der Waals surface area (Å²) in [5.74, 6) is 1.05. The molecule has 0 aliphatic carbocycles. The second-order valence-corrected chi connectivity index (χ2v) is 5.38. The van der Waals surface area contributed by atoms with Gasteiger partial charge >= 0.3 is 0 Å². The molecule has 0 radical (unpaired) electrons. The van der Waals surface area contributed by atoms with Gasteiger partial charge in [0, 0.05) is 17.7 Å². The van der Waals surface area contributed by atoms with E-state index in [9.17, 15) is 0 Å². The molecule has 1 aromatic carbocycles. The Morgan fingerprint density at radius 1 is 1.24 bits per heavy atom. The van der Waals surface area contributed by atoms with Crippen molar-refractivity contribution in [2.24, 2.45) is 0 Å². The van der Waals surface area contributed by atoms with E-state index in [1.54, 1.807) is 18.1 Å². The van der Waals surface area contributed by atoms with Gasteiger partial charge in [-0.3, -0.25) is 0 Å². The summed E-state index contributed by atoms with van der Waals surface area (Å²) in [6.07, 6.45) is 1.65. The number of rotatable bonds is 4. The maximum Gasteiger partial charge on any atom is 0.117 e. The number of thioether (sulfide) groups is 1. The summed E-state index contributed by atoms with van der Waals surface area (Å²) in [4.78, 5) is 10.9. The summed E-state index contributed by atoms with van der Waals surface area (Å²) >= 11 is 1.80. The topological polar surface area (TPSA) is 29.0 Å². The van der Waals surface area contributed by atoms with Crippen molar-refractivity contribution in [1.82, 2.24) is 14.9 Å². The average Bonchev–Trinajstić information content (AvgIpc) is 2.29. The van der Waals surface area contributed by atoms with Crippen molar-refractivity contribution in [3.63, 3.8) is 0 Å². The zero-order chi connectivity index (χ0) is 12.3. The van der Waals surface area contributed by atoms with Crippen LogP contribution in [0, 0.1) is 6.92 Å². The van der Waals surface area contributed by atoms with Crippen molar-refractivity contribution in [1.29, 1.82) is 0 Å². The molecule has 0 atom stereocenters. The summed E-state index contributed by atoms with van der Waals surface area (Å²) in [6.45, 7) is 3.17. The Balaban J connectivity index is 2.27. The van der Waals surface area contributed by atoms with Crippen LogP contribution in [-0.4, -0.2) is 41.3 Å². The Morgan fingerprint density at radius 3 is 2.82 bits per heavy atom. The third-order valence-electron chi connectivity index (χ3n) is 2.61. The molecule has 0 aliphatic rings. The molecule has 0 saturated heterocycles. The van der Waals surface area contributed by atoms with Crippen LogP contribution in [0.4, 0.5) is 0 Å². The molecule has 1 heterocycles. The minimum absolute atomic E-state index is 1.03. The standard InChI is InChI=1S/C13H17N3S/c1-10-5-4-6-11-12(10)13(15-9-14-11)17-8-7-16(2)3/h4-6,9H,7-8H2,1-3H3. The first-order chi connectivity index (χ1) is 8.18. The van der Waals surface area contributed by atoms with Crippen LogP contribution in [0.3, 0.4) is 0 Å². The normalized spacial score (nSPS) is 11.3. The van der Waals surface area contributed by atoms with Crippen molar-refractivity contribution in [2.75, 3.05) is 26.4 Å². The molecule has 0 amide bonds. The molecule has 2 aromatic rings. The average molecular weight is 247 g/mol. The Morgan fingerprint density at radius 2 is 2.06 bits per heavy atom. The fourth-order valence-electron chi connectivity index (χ4n) is 1.68. The van der Waals surface area contributed by atoms with Crippen LogP contribution in [-0.2, 0) is 0 Å². The van der Waals surface area contributed by atoms with E-state index in [1.165, 1.54) is 10.9 Å². The molecule has 0 saturated carbocycles. The summed E-state index contributed by atoms with van der Waals surface area (Å²) in [5.41, 5.74) is 2.28. The van der Waals surface area contributed by atoms with Gasteiger partial charge in [-0.15, -0.1) is 11.8 Å². The SMILES string of the molecule is Cc1cccc2ncnc(SCCN(C)C)c12. The predicted octanol–water partition coefficient (Wildman–Crippen LogP) is 2.59. The highest BCUT2D eigenvalue weighted by molar-refractivity contribution is 7.99. The predicted molar refractivity (Wildman–Crippen MR) is 73.6 cm³/mol. The highest BCUT2D eigenvalue weighted by atomic mass is 32.2. The van der Waals surface area contributed by atoms with Crippen LogP contribution in [0.15, 0.2) is 29.6 Å². The van der Waals surface area contributed by atoms with Crippen LogP contribution in [0.2, 0.25) is 0 Å². The minimum atomic E-state index is 1.03.